The van der Waals surface area contributed by atoms with Crippen LogP contribution in [0.25, 0.3) is 10.8 Å². The summed E-state index contributed by atoms with van der Waals surface area (Å²) in [5.74, 6) is -0.635. The lowest BCUT2D eigenvalue weighted by atomic mass is 10.0. The lowest BCUT2D eigenvalue weighted by Crippen LogP contribution is -2.34. The quantitative estimate of drug-likeness (QED) is 0.634. The van der Waals surface area contributed by atoms with Crippen LogP contribution in [0.5, 0.6) is 0 Å². The molecule has 0 saturated heterocycles. The van der Waals surface area contributed by atoms with Crippen LogP contribution < -0.4 is 4.90 Å². The molecule has 0 N–H and O–H groups in total. The Kier molecular flexibility index (Phi) is 5.64. The van der Waals surface area contributed by atoms with E-state index in [0.717, 1.165) is 22.0 Å². The number of carbonyl (C=O) groups excluding carboxylic acids is 2. The van der Waals surface area contributed by atoms with Gasteiger partial charge in [0.25, 0.3) is 5.91 Å². The fraction of sp³-hybridized carbons (Fsp3) is 0.182. The van der Waals surface area contributed by atoms with Gasteiger partial charge in [0.15, 0.2) is 6.61 Å². The van der Waals surface area contributed by atoms with E-state index < -0.39 is 5.97 Å². The van der Waals surface area contributed by atoms with Gasteiger partial charge in [-0.15, -0.1) is 0 Å². The van der Waals surface area contributed by atoms with Gasteiger partial charge in [-0.05, 0) is 35.4 Å². The van der Waals surface area contributed by atoms with E-state index in [4.69, 9.17) is 4.74 Å². The molecule has 0 aromatic heterocycles. The monoisotopic (exact) mass is 347 g/mol. The topological polar surface area (TPSA) is 46.6 Å². The minimum Gasteiger partial charge on any atom is -0.455 e. The summed E-state index contributed by atoms with van der Waals surface area (Å²) in [6.45, 7) is 2.15. The number of esters is 1. The number of likely N-dealkylation sites (N-methyl/N-ethyl adjacent to an activating group) is 1. The summed E-state index contributed by atoms with van der Waals surface area (Å²) < 4.78 is 5.23. The van der Waals surface area contributed by atoms with Gasteiger partial charge in [-0.25, -0.2) is 0 Å². The molecule has 1 amide bonds. The molecule has 0 heterocycles. The zero-order chi connectivity index (χ0) is 18.4. The summed E-state index contributed by atoms with van der Waals surface area (Å²) in [7, 11) is 0. The van der Waals surface area contributed by atoms with Crippen LogP contribution in [0.4, 0.5) is 5.69 Å². The molecule has 0 unspecified atom stereocenters. The molecular formula is C22H21NO3. The lowest BCUT2D eigenvalue weighted by molar-refractivity contribution is -0.147. The van der Waals surface area contributed by atoms with Gasteiger partial charge < -0.3 is 9.64 Å². The first-order chi connectivity index (χ1) is 12.7. The first-order valence-electron chi connectivity index (χ1n) is 8.66. The molecule has 0 aliphatic rings. The molecule has 0 bridgehead atoms. The van der Waals surface area contributed by atoms with Crippen LogP contribution in [0, 0.1) is 0 Å². The Balaban J connectivity index is 1.62. The number of hydrogen-bond acceptors (Lipinski definition) is 3. The number of rotatable bonds is 6. The molecule has 0 fully saturated rings. The van der Waals surface area contributed by atoms with E-state index in [1.807, 2.05) is 79.7 Å². The normalized spacial score (nSPS) is 10.5. The fourth-order valence-electron chi connectivity index (χ4n) is 2.98. The van der Waals surface area contributed by atoms with Crippen molar-refractivity contribution in [3.63, 3.8) is 0 Å². The molecule has 3 aromatic rings. The van der Waals surface area contributed by atoms with Crippen LogP contribution >= 0.6 is 0 Å². The van der Waals surface area contributed by atoms with Crippen LogP contribution in [-0.4, -0.2) is 25.0 Å². The Hall–Kier alpha value is -3.14. The van der Waals surface area contributed by atoms with E-state index in [1.54, 1.807) is 4.90 Å². The van der Waals surface area contributed by atoms with Crippen molar-refractivity contribution in [2.75, 3.05) is 18.1 Å². The lowest BCUT2D eigenvalue weighted by Gasteiger charge is -2.20. The Bertz CT molecular complexity index is 900. The van der Waals surface area contributed by atoms with Crippen molar-refractivity contribution in [2.24, 2.45) is 0 Å². The third kappa shape index (κ3) is 4.09. The van der Waals surface area contributed by atoms with Crippen LogP contribution in [0.3, 0.4) is 0 Å². The second-order valence-corrected chi connectivity index (χ2v) is 5.95. The van der Waals surface area contributed by atoms with E-state index >= 15 is 0 Å². The molecule has 0 atom stereocenters. The molecule has 0 aliphatic carbocycles. The third-order valence-electron chi connectivity index (χ3n) is 4.26. The van der Waals surface area contributed by atoms with E-state index in [2.05, 4.69) is 0 Å². The van der Waals surface area contributed by atoms with Crippen molar-refractivity contribution in [3.05, 3.63) is 78.4 Å². The minimum absolute atomic E-state index is 0.145. The van der Waals surface area contributed by atoms with Crippen molar-refractivity contribution in [1.29, 1.82) is 0 Å². The number of anilines is 1. The second-order valence-electron chi connectivity index (χ2n) is 5.95. The van der Waals surface area contributed by atoms with Crippen molar-refractivity contribution >= 4 is 28.3 Å². The molecule has 26 heavy (non-hydrogen) atoms. The summed E-state index contributed by atoms with van der Waals surface area (Å²) in [6.07, 6.45) is 0.145. The number of ether oxygens (including phenoxy) is 1. The third-order valence-corrected chi connectivity index (χ3v) is 4.26. The van der Waals surface area contributed by atoms with Gasteiger partial charge in [-0.2, -0.15) is 0 Å². The molecule has 4 heteroatoms. The predicted octanol–water partition coefficient (Wildman–Crippen LogP) is 3.98. The standard InChI is InChI=1S/C22H21NO3/c1-2-23(19-12-4-3-5-13-19)21(24)16-26-22(25)15-18-11-8-10-17-9-6-7-14-20(17)18/h3-14H,2,15-16H2,1H3. The maximum Gasteiger partial charge on any atom is 0.310 e. The molecule has 0 spiro atoms. The van der Waals surface area contributed by atoms with E-state index in [0.29, 0.717) is 6.54 Å². The highest BCUT2D eigenvalue weighted by molar-refractivity contribution is 5.95. The Morgan fingerprint density at radius 3 is 2.35 bits per heavy atom. The highest BCUT2D eigenvalue weighted by atomic mass is 16.5. The second kappa shape index (κ2) is 8.30. The number of amides is 1. The molecule has 3 aromatic carbocycles. The van der Waals surface area contributed by atoms with Crippen LogP contribution in [0.2, 0.25) is 0 Å². The summed E-state index contributed by atoms with van der Waals surface area (Å²) in [5.41, 5.74) is 1.70. The number of carbonyl (C=O) groups is 2. The van der Waals surface area contributed by atoms with E-state index in [-0.39, 0.29) is 18.9 Å². The molecule has 3 rings (SSSR count). The highest BCUT2D eigenvalue weighted by Crippen LogP contribution is 2.19. The fourth-order valence-corrected chi connectivity index (χ4v) is 2.98. The van der Waals surface area contributed by atoms with Gasteiger partial charge in [0.05, 0.1) is 6.42 Å². The Morgan fingerprint density at radius 1 is 0.885 bits per heavy atom. The smallest absolute Gasteiger partial charge is 0.310 e. The average molecular weight is 347 g/mol. The zero-order valence-corrected chi connectivity index (χ0v) is 14.7. The molecule has 0 radical (unpaired) electrons. The number of nitrogens with zero attached hydrogens (tertiary/aromatic N) is 1. The molecule has 132 valence electrons. The number of para-hydroxylation sites is 1. The van der Waals surface area contributed by atoms with Gasteiger partial charge in [0.2, 0.25) is 0 Å². The van der Waals surface area contributed by atoms with Crippen LogP contribution in [-0.2, 0) is 20.7 Å². The SMILES string of the molecule is CCN(C(=O)COC(=O)Cc1cccc2ccccc12)c1ccccc1. The maximum atomic E-state index is 12.4. The first kappa shape index (κ1) is 17.7. The summed E-state index contributed by atoms with van der Waals surface area (Å²) >= 11 is 0. The molecule has 0 aliphatic heterocycles. The Morgan fingerprint density at radius 2 is 1.58 bits per heavy atom. The van der Waals surface area contributed by atoms with Gasteiger partial charge in [0.1, 0.15) is 0 Å². The Labute approximate surface area is 153 Å². The van der Waals surface area contributed by atoms with Crippen molar-refractivity contribution in [2.45, 2.75) is 13.3 Å². The molecule has 0 saturated carbocycles. The molecule has 4 nitrogen and oxygen atoms in total. The van der Waals surface area contributed by atoms with Gasteiger partial charge >= 0.3 is 5.97 Å². The van der Waals surface area contributed by atoms with Gasteiger partial charge in [-0.1, -0.05) is 60.7 Å². The van der Waals surface area contributed by atoms with E-state index in [9.17, 15) is 9.59 Å². The van der Waals surface area contributed by atoms with E-state index in [1.165, 1.54) is 0 Å². The first-order valence-corrected chi connectivity index (χ1v) is 8.66. The van der Waals surface area contributed by atoms with Crippen molar-refractivity contribution in [1.82, 2.24) is 0 Å². The largest absolute Gasteiger partial charge is 0.455 e. The number of fused-ring (bicyclic) bond motifs is 1. The van der Waals surface area contributed by atoms with Crippen molar-refractivity contribution < 1.29 is 14.3 Å². The highest BCUT2D eigenvalue weighted by Gasteiger charge is 2.16. The zero-order valence-electron chi connectivity index (χ0n) is 14.7. The predicted molar refractivity (Wildman–Crippen MR) is 103 cm³/mol. The maximum absolute atomic E-state index is 12.4. The average Bonchev–Trinajstić information content (AvgIpc) is 2.68. The number of benzene rings is 3. The van der Waals surface area contributed by atoms with Gasteiger partial charge in [-0.3, -0.25) is 9.59 Å². The summed E-state index contributed by atoms with van der Waals surface area (Å²) in [4.78, 5) is 26.2. The van der Waals surface area contributed by atoms with Gasteiger partial charge in [0, 0.05) is 12.2 Å². The number of hydrogen-bond donors (Lipinski definition) is 0. The summed E-state index contributed by atoms with van der Waals surface area (Å²) in [6, 6.07) is 23.1. The summed E-state index contributed by atoms with van der Waals surface area (Å²) in [5, 5.41) is 2.10. The van der Waals surface area contributed by atoms with Crippen molar-refractivity contribution in [3.8, 4) is 0 Å². The minimum atomic E-state index is -0.404. The van der Waals surface area contributed by atoms with Crippen LogP contribution in [0.15, 0.2) is 72.8 Å². The van der Waals surface area contributed by atoms with Crippen LogP contribution in [0.1, 0.15) is 12.5 Å². The molecular weight excluding hydrogens is 326 g/mol.